The number of hydrogen-bond donors (Lipinski definition) is 1. The fraction of sp³-hybridized carbons (Fsp3) is 0.385. The first-order valence-corrected chi connectivity index (χ1v) is 5.64. The zero-order chi connectivity index (χ0) is 10.7. The second-order valence-electron chi connectivity index (χ2n) is 4.06. The molecule has 1 N–H and O–H groups in total. The maximum Gasteiger partial charge on any atom is 0.0692 e. The molecule has 0 amide bonds. The van der Waals surface area contributed by atoms with Crippen molar-refractivity contribution in [1.29, 1.82) is 0 Å². The molecule has 2 rings (SSSR count). The van der Waals surface area contributed by atoms with E-state index in [1.807, 2.05) is 0 Å². The summed E-state index contributed by atoms with van der Waals surface area (Å²) in [6, 6.07) is 11.1. The molecule has 1 unspecified atom stereocenters. The first kappa shape index (κ1) is 10.1. The summed E-state index contributed by atoms with van der Waals surface area (Å²) >= 11 is 0. The van der Waals surface area contributed by atoms with E-state index >= 15 is 0 Å². The summed E-state index contributed by atoms with van der Waals surface area (Å²) < 4.78 is 2.12. The lowest BCUT2D eigenvalue weighted by molar-refractivity contribution is 0.630. The molecule has 0 aliphatic heterocycles. The van der Waals surface area contributed by atoms with Crippen LogP contribution in [0.15, 0.2) is 36.5 Å². The second kappa shape index (κ2) is 4.39. The van der Waals surface area contributed by atoms with Crippen LogP contribution in [0.2, 0.25) is 0 Å². The van der Waals surface area contributed by atoms with E-state index in [1.54, 1.807) is 0 Å². The summed E-state index contributed by atoms with van der Waals surface area (Å²) in [4.78, 5) is 0. The molecule has 2 nitrogen and oxygen atoms in total. The predicted octanol–water partition coefficient (Wildman–Crippen LogP) is 3.37. The molecule has 0 aliphatic rings. The first-order valence-electron chi connectivity index (χ1n) is 5.64. The van der Waals surface area contributed by atoms with E-state index in [9.17, 15) is 0 Å². The molecule has 1 atom stereocenters. The van der Waals surface area contributed by atoms with Crippen LogP contribution in [0.5, 0.6) is 0 Å². The Morgan fingerprint density at radius 3 is 2.87 bits per heavy atom. The topological polar surface area (TPSA) is 17.0 Å². The number of para-hydroxylation sites is 1. The lowest BCUT2D eigenvalue weighted by Crippen LogP contribution is -2.23. The van der Waals surface area contributed by atoms with Gasteiger partial charge in [-0.05, 0) is 25.5 Å². The first-order chi connectivity index (χ1) is 7.31. The fourth-order valence-corrected chi connectivity index (χ4v) is 1.93. The highest BCUT2D eigenvalue weighted by atomic mass is 15.4. The van der Waals surface area contributed by atoms with Gasteiger partial charge < -0.3 is 5.43 Å². The Kier molecular flexibility index (Phi) is 2.95. The summed E-state index contributed by atoms with van der Waals surface area (Å²) in [7, 11) is 0. The third-order valence-electron chi connectivity index (χ3n) is 2.68. The molecule has 2 aromatic rings. The van der Waals surface area contributed by atoms with Crippen LogP contribution in [0.1, 0.15) is 26.7 Å². The van der Waals surface area contributed by atoms with Gasteiger partial charge in [0.15, 0.2) is 0 Å². The second-order valence-corrected chi connectivity index (χ2v) is 4.06. The summed E-state index contributed by atoms with van der Waals surface area (Å²) in [5.74, 6) is 0. The predicted molar refractivity (Wildman–Crippen MR) is 65.7 cm³/mol. The molecule has 80 valence electrons. The highest BCUT2D eigenvalue weighted by molar-refractivity contribution is 5.80. The number of hydrogen-bond acceptors (Lipinski definition) is 1. The standard InChI is InChI=1S/C13H18N2/c1-3-6-11(2)14-15-10-9-12-7-4-5-8-13(12)15/h4-5,7-11,14H,3,6H2,1-2H3. The van der Waals surface area contributed by atoms with Gasteiger partial charge in [0.1, 0.15) is 0 Å². The normalized spacial score (nSPS) is 12.9. The van der Waals surface area contributed by atoms with Crippen LogP contribution < -0.4 is 5.43 Å². The third-order valence-corrected chi connectivity index (χ3v) is 2.68. The minimum atomic E-state index is 0.519. The van der Waals surface area contributed by atoms with Crippen LogP contribution in [0.3, 0.4) is 0 Å². The molecule has 0 bridgehead atoms. The zero-order valence-electron chi connectivity index (χ0n) is 9.40. The Labute approximate surface area is 90.9 Å². The maximum atomic E-state index is 3.48. The van der Waals surface area contributed by atoms with Crippen molar-refractivity contribution in [1.82, 2.24) is 4.68 Å². The molecular weight excluding hydrogens is 184 g/mol. The molecule has 0 fully saturated rings. The highest BCUT2D eigenvalue weighted by Crippen LogP contribution is 2.14. The molecular formula is C13H18N2. The van der Waals surface area contributed by atoms with Gasteiger partial charge in [0, 0.05) is 17.6 Å². The molecule has 15 heavy (non-hydrogen) atoms. The van der Waals surface area contributed by atoms with Gasteiger partial charge in [0.2, 0.25) is 0 Å². The van der Waals surface area contributed by atoms with E-state index in [2.05, 4.69) is 60.5 Å². The van der Waals surface area contributed by atoms with E-state index in [0.717, 1.165) is 0 Å². The van der Waals surface area contributed by atoms with E-state index in [1.165, 1.54) is 23.7 Å². The molecule has 0 spiro atoms. The Bertz CT molecular complexity index is 431. The minimum absolute atomic E-state index is 0.519. The molecule has 1 aromatic heterocycles. The van der Waals surface area contributed by atoms with Crippen LogP contribution in [0, 0.1) is 0 Å². The number of nitrogens with one attached hydrogen (secondary N) is 1. The van der Waals surface area contributed by atoms with Gasteiger partial charge in [-0.15, -0.1) is 0 Å². The average molecular weight is 202 g/mol. The SMILES string of the molecule is CCCC(C)Nn1ccc2ccccc21. The highest BCUT2D eigenvalue weighted by Gasteiger charge is 2.02. The van der Waals surface area contributed by atoms with Gasteiger partial charge in [-0.1, -0.05) is 31.5 Å². The van der Waals surface area contributed by atoms with Crippen molar-refractivity contribution in [2.24, 2.45) is 0 Å². The largest absolute Gasteiger partial charge is 0.323 e. The zero-order valence-corrected chi connectivity index (χ0v) is 9.40. The summed E-state index contributed by atoms with van der Waals surface area (Å²) in [5.41, 5.74) is 4.73. The maximum absolute atomic E-state index is 3.48. The fourth-order valence-electron chi connectivity index (χ4n) is 1.93. The van der Waals surface area contributed by atoms with Crippen molar-refractivity contribution < 1.29 is 0 Å². The van der Waals surface area contributed by atoms with Crippen molar-refractivity contribution in [2.75, 3.05) is 5.43 Å². The molecule has 2 heteroatoms. The van der Waals surface area contributed by atoms with E-state index in [4.69, 9.17) is 0 Å². The van der Waals surface area contributed by atoms with Crippen molar-refractivity contribution in [3.63, 3.8) is 0 Å². The van der Waals surface area contributed by atoms with Crippen molar-refractivity contribution in [3.05, 3.63) is 36.5 Å². The smallest absolute Gasteiger partial charge is 0.0692 e. The van der Waals surface area contributed by atoms with Crippen LogP contribution >= 0.6 is 0 Å². The quantitative estimate of drug-likeness (QED) is 0.804. The van der Waals surface area contributed by atoms with Gasteiger partial charge in [0.25, 0.3) is 0 Å². The van der Waals surface area contributed by atoms with Crippen LogP contribution in [-0.2, 0) is 0 Å². The van der Waals surface area contributed by atoms with E-state index in [0.29, 0.717) is 6.04 Å². The van der Waals surface area contributed by atoms with Crippen LogP contribution in [-0.4, -0.2) is 10.7 Å². The van der Waals surface area contributed by atoms with Crippen molar-refractivity contribution in [3.8, 4) is 0 Å². The van der Waals surface area contributed by atoms with Gasteiger partial charge in [-0.25, -0.2) is 0 Å². The van der Waals surface area contributed by atoms with Gasteiger partial charge >= 0.3 is 0 Å². The number of fused-ring (bicyclic) bond motifs is 1. The Morgan fingerprint density at radius 2 is 2.07 bits per heavy atom. The molecule has 0 saturated carbocycles. The number of rotatable bonds is 4. The minimum Gasteiger partial charge on any atom is -0.323 e. The Balaban J connectivity index is 2.21. The average Bonchev–Trinajstić information content (AvgIpc) is 2.62. The molecule has 0 radical (unpaired) electrons. The number of aromatic nitrogens is 1. The molecule has 0 aliphatic carbocycles. The monoisotopic (exact) mass is 202 g/mol. The third kappa shape index (κ3) is 2.14. The van der Waals surface area contributed by atoms with Crippen LogP contribution in [0.25, 0.3) is 10.9 Å². The lowest BCUT2D eigenvalue weighted by atomic mass is 10.2. The molecule has 1 heterocycles. The number of benzene rings is 1. The van der Waals surface area contributed by atoms with Gasteiger partial charge in [-0.2, -0.15) is 0 Å². The van der Waals surface area contributed by atoms with Gasteiger partial charge in [0.05, 0.1) is 5.52 Å². The molecule has 0 saturated heterocycles. The summed E-state index contributed by atoms with van der Waals surface area (Å²) in [6.45, 7) is 4.43. The molecule has 1 aromatic carbocycles. The summed E-state index contributed by atoms with van der Waals surface area (Å²) in [5, 5.41) is 1.29. The Morgan fingerprint density at radius 1 is 1.27 bits per heavy atom. The van der Waals surface area contributed by atoms with Crippen molar-refractivity contribution >= 4 is 10.9 Å². The lowest BCUT2D eigenvalue weighted by Gasteiger charge is -2.16. The number of nitrogens with zero attached hydrogens (tertiary/aromatic N) is 1. The summed E-state index contributed by atoms with van der Waals surface area (Å²) in [6.07, 6.45) is 4.51. The van der Waals surface area contributed by atoms with Crippen LogP contribution in [0.4, 0.5) is 0 Å². The Hall–Kier alpha value is -1.44. The van der Waals surface area contributed by atoms with E-state index in [-0.39, 0.29) is 0 Å². The van der Waals surface area contributed by atoms with Gasteiger partial charge in [-0.3, -0.25) is 4.68 Å². The van der Waals surface area contributed by atoms with E-state index < -0.39 is 0 Å². The van der Waals surface area contributed by atoms with Crippen molar-refractivity contribution in [2.45, 2.75) is 32.7 Å².